The van der Waals surface area contributed by atoms with Crippen molar-refractivity contribution in [3.63, 3.8) is 0 Å². The summed E-state index contributed by atoms with van der Waals surface area (Å²) in [6.07, 6.45) is -0.0395. The van der Waals surface area contributed by atoms with Crippen molar-refractivity contribution in [2.24, 2.45) is 0 Å². The van der Waals surface area contributed by atoms with E-state index in [0.29, 0.717) is 11.3 Å². The fourth-order valence-electron chi connectivity index (χ4n) is 2.75. The molecular weight excluding hydrogens is 443 g/mol. The summed E-state index contributed by atoms with van der Waals surface area (Å²) < 4.78 is 46.9. The summed E-state index contributed by atoms with van der Waals surface area (Å²) in [6, 6.07) is 16.9. The standard InChI is InChI=1S/C22H20ClFN2O4S/c1-15-10-11-16(25-22(27)12-13-30-20-9-5-3-7-18(20)24)14-21(15)31(28,29)26-19-8-4-2-6-17(19)23/h2-11,14,26H,12-13H2,1H3,(H,25,27). The number of halogens is 2. The van der Waals surface area contributed by atoms with Gasteiger partial charge < -0.3 is 10.1 Å². The van der Waals surface area contributed by atoms with Crippen LogP contribution in [0.3, 0.4) is 0 Å². The summed E-state index contributed by atoms with van der Waals surface area (Å²) in [6.45, 7) is 1.62. The van der Waals surface area contributed by atoms with Gasteiger partial charge in [0.2, 0.25) is 5.91 Å². The van der Waals surface area contributed by atoms with Crippen molar-refractivity contribution in [1.29, 1.82) is 0 Å². The molecule has 31 heavy (non-hydrogen) atoms. The molecule has 0 fully saturated rings. The molecule has 9 heteroatoms. The number of hydrogen-bond acceptors (Lipinski definition) is 4. The molecule has 3 aromatic rings. The van der Waals surface area contributed by atoms with Crippen LogP contribution in [0, 0.1) is 12.7 Å². The number of hydrogen-bond donors (Lipinski definition) is 2. The Labute approximate surface area is 185 Å². The SMILES string of the molecule is Cc1ccc(NC(=O)CCOc2ccccc2F)cc1S(=O)(=O)Nc1ccccc1Cl. The third-order valence-electron chi connectivity index (χ3n) is 4.30. The van der Waals surface area contributed by atoms with Crippen molar-refractivity contribution in [2.45, 2.75) is 18.2 Å². The number of sulfonamides is 1. The van der Waals surface area contributed by atoms with Crippen LogP contribution in [-0.4, -0.2) is 20.9 Å². The van der Waals surface area contributed by atoms with Crippen LogP contribution in [0.5, 0.6) is 5.75 Å². The average Bonchev–Trinajstić information content (AvgIpc) is 2.72. The molecule has 2 N–H and O–H groups in total. The number of anilines is 2. The van der Waals surface area contributed by atoms with Crippen LogP contribution in [-0.2, 0) is 14.8 Å². The highest BCUT2D eigenvalue weighted by Crippen LogP contribution is 2.27. The summed E-state index contributed by atoms with van der Waals surface area (Å²) in [5, 5.41) is 2.89. The maximum Gasteiger partial charge on any atom is 0.262 e. The molecule has 0 aliphatic carbocycles. The second kappa shape index (κ2) is 9.80. The van der Waals surface area contributed by atoms with Gasteiger partial charge in [-0.2, -0.15) is 0 Å². The van der Waals surface area contributed by atoms with Crippen LogP contribution in [0.15, 0.2) is 71.6 Å². The lowest BCUT2D eigenvalue weighted by atomic mass is 10.2. The topological polar surface area (TPSA) is 84.5 Å². The zero-order chi connectivity index (χ0) is 22.4. The van der Waals surface area contributed by atoms with Crippen LogP contribution in [0.1, 0.15) is 12.0 Å². The van der Waals surface area contributed by atoms with E-state index in [4.69, 9.17) is 16.3 Å². The number of carbonyl (C=O) groups is 1. The van der Waals surface area contributed by atoms with Crippen molar-refractivity contribution in [2.75, 3.05) is 16.6 Å². The molecule has 3 rings (SSSR count). The van der Waals surface area contributed by atoms with Crippen LogP contribution in [0.4, 0.5) is 15.8 Å². The predicted molar refractivity (Wildman–Crippen MR) is 119 cm³/mol. The first kappa shape index (κ1) is 22.6. The molecule has 0 aliphatic rings. The van der Waals surface area contributed by atoms with Crippen LogP contribution < -0.4 is 14.8 Å². The van der Waals surface area contributed by atoms with Crippen molar-refractivity contribution < 1.29 is 22.3 Å². The van der Waals surface area contributed by atoms with E-state index in [0.717, 1.165) is 0 Å². The van der Waals surface area contributed by atoms with E-state index < -0.39 is 21.7 Å². The molecule has 3 aromatic carbocycles. The molecule has 0 atom stereocenters. The molecule has 0 unspecified atom stereocenters. The Hall–Kier alpha value is -3.10. The Morgan fingerprint density at radius 1 is 1.06 bits per heavy atom. The van der Waals surface area contributed by atoms with Gasteiger partial charge in [0.25, 0.3) is 10.0 Å². The van der Waals surface area contributed by atoms with Gasteiger partial charge in [-0.3, -0.25) is 9.52 Å². The van der Waals surface area contributed by atoms with Gasteiger partial charge in [0.05, 0.1) is 28.6 Å². The van der Waals surface area contributed by atoms with Gasteiger partial charge in [0, 0.05) is 5.69 Å². The van der Waals surface area contributed by atoms with E-state index in [1.807, 2.05) is 0 Å². The maximum absolute atomic E-state index is 13.5. The average molecular weight is 463 g/mol. The van der Waals surface area contributed by atoms with Crippen molar-refractivity contribution in [3.05, 3.63) is 83.1 Å². The van der Waals surface area contributed by atoms with E-state index in [2.05, 4.69) is 10.0 Å². The van der Waals surface area contributed by atoms with E-state index in [1.54, 1.807) is 55.5 Å². The smallest absolute Gasteiger partial charge is 0.262 e. The third kappa shape index (κ3) is 5.96. The van der Waals surface area contributed by atoms with Crippen molar-refractivity contribution in [1.82, 2.24) is 0 Å². The van der Waals surface area contributed by atoms with Crippen molar-refractivity contribution >= 4 is 38.9 Å². The summed E-state index contributed by atoms with van der Waals surface area (Å²) >= 11 is 6.04. The zero-order valence-corrected chi connectivity index (χ0v) is 18.1. The number of benzene rings is 3. The third-order valence-corrected chi connectivity index (χ3v) is 6.14. The molecule has 1 amide bonds. The van der Waals surface area contributed by atoms with Crippen LogP contribution >= 0.6 is 11.6 Å². The Morgan fingerprint density at radius 2 is 1.77 bits per heavy atom. The van der Waals surface area contributed by atoms with Crippen molar-refractivity contribution in [3.8, 4) is 5.75 Å². The van der Waals surface area contributed by atoms with Gasteiger partial charge in [-0.05, 0) is 48.9 Å². The molecule has 0 saturated heterocycles. The highest BCUT2D eigenvalue weighted by molar-refractivity contribution is 7.92. The lowest BCUT2D eigenvalue weighted by Crippen LogP contribution is -2.17. The minimum absolute atomic E-state index is 0.00725. The lowest BCUT2D eigenvalue weighted by Gasteiger charge is -2.13. The lowest BCUT2D eigenvalue weighted by molar-refractivity contribution is -0.116. The molecule has 6 nitrogen and oxygen atoms in total. The predicted octanol–water partition coefficient (Wildman–Crippen LogP) is 5.00. The normalized spacial score (nSPS) is 11.1. The molecule has 162 valence electrons. The molecule has 0 spiro atoms. The maximum atomic E-state index is 13.5. The Bertz CT molecular complexity index is 1200. The molecule has 0 saturated carbocycles. The number of ether oxygens (including phenoxy) is 1. The number of carbonyl (C=O) groups excluding carboxylic acids is 1. The number of para-hydroxylation sites is 2. The molecule has 0 bridgehead atoms. The number of rotatable bonds is 8. The van der Waals surface area contributed by atoms with Gasteiger partial charge in [0.15, 0.2) is 11.6 Å². The Kier molecular flexibility index (Phi) is 7.14. The van der Waals surface area contributed by atoms with E-state index in [9.17, 15) is 17.6 Å². The summed E-state index contributed by atoms with van der Waals surface area (Å²) in [4.78, 5) is 12.2. The van der Waals surface area contributed by atoms with E-state index in [1.165, 1.54) is 18.2 Å². The number of amides is 1. The first-order valence-electron chi connectivity index (χ1n) is 9.31. The van der Waals surface area contributed by atoms with Gasteiger partial charge in [-0.25, -0.2) is 12.8 Å². The van der Waals surface area contributed by atoms with Crippen LogP contribution in [0.25, 0.3) is 0 Å². The monoisotopic (exact) mass is 462 g/mol. The first-order valence-corrected chi connectivity index (χ1v) is 11.2. The second-order valence-corrected chi connectivity index (χ2v) is 8.70. The second-order valence-electron chi connectivity index (χ2n) is 6.64. The van der Waals surface area contributed by atoms with Gasteiger partial charge in [0.1, 0.15) is 0 Å². The molecule has 0 aromatic heterocycles. The van der Waals surface area contributed by atoms with E-state index in [-0.39, 0.29) is 34.4 Å². The minimum Gasteiger partial charge on any atom is -0.490 e. The van der Waals surface area contributed by atoms with Gasteiger partial charge in [-0.1, -0.05) is 41.9 Å². The quantitative estimate of drug-likeness (QED) is 0.493. The molecule has 0 aliphatic heterocycles. The van der Waals surface area contributed by atoms with Gasteiger partial charge >= 0.3 is 0 Å². The Balaban J connectivity index is 1.67. The minimum atomic E-state index is -3.93. The number of nitrogens with one attached hydrogen (secondary N) is 2. The largest absolute Gasteiger partial charge is 0.490 e. The summed E-state index contributed by atoms with van der Waals surface area (Å²) in [7, 11) is -3.93. The highest BCUT2D eigenvalue weighted by Gasteiger charge is 2.19. The molecule has 0 heterocycles. The molecular formula is C22H20ClFN2O4S. The van der Waals surface area contributed by atoms with E-state index >= 15 is 0 Å². The molecule has 0 radical (unpaired) electrons. The fourth-order valence-corrected chi connectivity index (χ4v) is 4.34. The highest BCUT2D eigenvalue weighted by atomic mass is 35.5. The zero-order valence-electron chi connectivity index (χ0n) is 16.6. The first-order chi connectivity index (χ1) is 14.8. The fraction of sp³-hybridized carbons (Fsp3) is 0.136. The Morgan fingerprint density at radius 3 is 2.52 bits per heavy atom. The van der Waals surface area contributed by atoms with Gasteiger partial charge in [-0.15, -0.1) is 0 Å². The summed E-state index contributed by atoms with van der Waals surface area (Å²) in [5.74, 6) is -0.852. The number of aryl methyl sites for hydroxylation is 1. The van der Waals surface area contributed by atoms with Crippen LogP contribution in [0.2, 0.25) is 5.02 Å². The summed E-state index contributed by atoms with van der Waals surface area (Å²) in [5.41, 5.74) is 1.06.